The van der Waals surface area contributed by atoms with E-state index < -0.39 is 0 Å². The van der Waals surface area contributed by atoms with Gasteiger partial charge in [0.05, 0.1) is 10.6 Å². The summed E-state index contributed by atoms with van der Waals surface area (Å²) < 4.78 is 0. The first kappa shape index (κ1) is 9.11. The van der Waals surface area contributed by atoms with E-state index in [0.717, 1.165) is 5.75 Å². The molecule has 2 heteroatoms. The first-order valence-electron chi connectivity index (χ1n) is 4.04. The molecule has 0 bridgehead atoms. The van der Waals surface area contributed by atoms with Crippen molar-refractivity contribution in [2.45, 2.75) is 40.2 Å². The standard InChI is InChI=1S/C9H17NS/c1-7-10-9(5,6-11-7)8(2,3)4/h6H2,1-5H3. The molecule has 1 rings (SSSR count). The van der Waals surface area contributed by atoms with E-state index in [1.807, 2.05) is 11.8 Å². The van der Waals surface area contributed by atoms with Gasteiger partial charge in [-0.1, -0.05) is 20.8 Å². The lowest BCUT2D eigenvalue weighted by Crippen LogP contribution is -2.38. The van der Waals surface area contributed by atoms with Crippen molar-refractivity contribution in [2.75, 3.05) is 5.75 Å². The highest BCUT2D eigenvalue weighted by atomic mass is 32.2. The highest BCUT2D eigenvalue weighted by Crippen LogP contribution is 2.41. The molecule has 11 heavy (non-hydrogen) atoms. The smallest absolute Gasteiger partial charge is 0.0731 e. The van der Waals surface area contributed by atoms with Crippen LogP contribution in [0.2, 0.25) is 0 Å². The van der Waals surface area contributed by atoms with Crippen LogP contribution in [0.25, 0.3) is 0 Å². The zero-order valence-electron chi connectivity index (χ0n) is 8.06. The molecule has 1 aliphatic rings. The van der Waals surface area contributed by atoms with E-state index in [4.69, 9.17) is 0 Å². The number of rotatable bonds is 0. The fraction of sp³-hybridized carbons (Fsp3) is 0.889. The van der Waals surface area contributed by atoms with Crippen molar-refractivity contribution in [3.05, 3.63) is 0 Å². The molecule has 0 radical (unpaired) electrons. The van der Waals surface area contributed by atoms with Gasteiger partial charge in [-0.2, -0.15) is 0 Å². The Balaban J connectivity index is 2.86. The third kappa shape index (κ3) is 1.61. The van der Waals surface area contributed by atoms with Crippen molar-refractivity contribution < 1.29 is 0 Å². The Morgan fingerprint density at radius 2 is 2.00 bits per heavy atom. The van der Waals surface area contributed by atoms with E-state index in [-0.39, 0.29) is 11.0 Å². The van der Waals surface area contributed by atoms with E-state index in [1.165, 1.54) is 5.04 Å². The van der Waals surface area contributed by atoms with Crippen molar-refractivity contribution in [2.24, 2.45) is 10.4 Å². The Morgan fingerprint density at radius 3 is 2.18 bits per heavy atom. The van der Waals surface area contributed by atoms with E-state index in [9.17, 15) is 0 Å². The molecule has 0 saturated carbocycles. The fourth-order valence-corrected chi connectivity index (χ4v) is 2.29. The summed E-state index contributed by atoms with van der Waals surface area (Å²) >= 11 is 1.88. The minimum atomic E-state index is 0.155. The first-order valence-corrected chi connectivity index (χ1v) is 5.03. The molecule has 1 heterocycles. The maximum absolute atomic E-state index is 4.67. The van der Waals surface area contributed by atoms with Crippen molar-refractivity contribution in [1.29, 1.82) is 0 Å². The molecule has 0 aromatic carbocycles. The second-order valence-electron chi connectivity index (χ2n) is 4.44. The lowest BCUT2D eigenvalue weighted by Gasteiger charge is -2.35. The van der Waals surface area contributed by atoms with Crippen molar-refractivity contribution in [1.82, 2.24) is 0 Å². The summed E-state index contributed by atoms with van der Waals surface area (Å²) in [6.07, 6.45) is 0. The number of nitrogens with zero attached hydrogens (tertiary/aromatic N) is 1. The van der Waals surface area contributed by atoms with Crippen LogP contribution in [-0.2, 0) is 0 Å². The van der Waals surface area contributed by atoms with Crippen LogP contribution < -0.4 is 0 Å². The van der Waals surface area contributed by atoms with Gasteiger partial charge >= 0.3 is 0 Å². The van der Waals surface area contributed by atoms with Gasteiger partial charge in [0.1, 0.15) is 0 Å². The minimum absolute atomic E-state index is 0.155. The maximum Gasteiger partial charge on any atom is 0.0731 e. The lowest BCUT2D eigenvalue weighted by atomic mass is 9.77. The molecule has 1 nitrogen and oxygen atoms in total. The molecule has 0 saturated heterocycles. The molecule has 0 aromatic rings. The Bertz CT molecular complexity index is 190. The fourth-order valence-electron chi connectivity index (χ4n) is 1.04. The summed E-state index contributed by atoms with van der Waals surface area (Å²) in [6.45, 7) is 11.1. The van der Waals surface area contributed by atoms with Gasteiger partial charge in [-0.05, 0) is 19.3 Å². The summed E-state index contributed by atoms with van der Waals surface area (Å²) in [5.41, 5.74) is 0.444. The minimum Gasteiger partial charge on any atom is -0.275 e. The molecule has 1 aliphatic heterocycles. The number of hydrogen-bond acceptors (Lipinski definition) is 2. The van der Waals surface area contributed by atoms with Crippen molar-refractivity contribution in [3.8, 4) is 0 Å². The molecule has 0 N–H and O–H groups in total. The second kappa shape index (κ2) is 2.51. The highest BCUT2D eigenvalue weighted by molar-refractivity contribution is 8.14. The first-order chi connectivity index (χ1) is 4.85. The van der Waals surface area contributed by atoms with Gasteiger partial charge in [0.15, 0.2) is 0 Å². The van der Waals surface area contributed by atoms with Gasteiger partial charge in [-0.3, -0.25) is 4.99 Å². The van der Waals surface area contributed by atoms with Crippen LogP contribution in [0.15, 0.2) is 4.99 Å². The maximum atomic E-state index is 4.67. The number of hydrogen-bond donors (Lipinski definition) is 0. The second-order valence-corrected chi connectivity index (χ2v) is 5.61. The van der Waals surface area contributed by atoms with Gasteiger partial charge < -0.3 is 0 Å². The van der Waals surface area contributed by atoms with Crippen LogP contribution >= 0.6 is 11.8 Å². The zero-order valence-corrected chi connectivity index (χ0v) is 8.88. The molecule has 0 aromatic heterocycles. The largest absolute Gasteiger partial charge is 0.275 e. The van der Waals surface area contributed by atoms with Gasteiger partial charge in [0, 0.05) is 5.75 Å². The van der Waals surface area contributed by atoms with Gasteiger partial charge in [0.2, 0.25) is 0 Å². The molecular weight excluding hydrogens is 154 g/mol. The summed E-state index contributed by atoms with van der Waals surface area (Å²) in [5.74, 6) is 1.14. The molecule has 1 atom stereocenters. The lowest BCUT2D eigenvalue weighted by molar-refractivity contribution is 0.241. The predicted octanol–water partition coefficient (Wildman–Crippen LogP) is 2.96. The molecule has 0 amide bonds. The zero-order chi connectivity index (χ0) is 8.70. The molecule has 1 unspecified atom stereocenters. The molecule has 64 valence electrons. The monoisotopic (exact) mass is 171 g/mol. The number of aliphatic imine (C=N–C) groups is 1. The van der Waals surface area contributed by atoms with Crippen molar-refractivity contribution in [3.63, 3.8) is 0 Å². The summed E-state index contributed by atoms with van der Waals surface area (Å²) in [7, 11) is 0. The van der Waals surface area contributed by atoms with Crippen LogP contribution in [0.3, 0.4) is 0 Å². The van der Waals surface area contributed by atoms with Crippen LogP contribution in [0.5, 0.6) is 0 Å². The third-order valence-electron chi connectivity index (χ3n) is 2.58. The summed E-state index contributed by atoms with van der Waals surface area (Å²) in [5, 5.41) is 1.24. The van der Waals surface area contributed by atoms with Crippen LogP contribution in [-0.4, -0.2) is 16.3 Å². The Hall–Kier alpha value is 0.0200. The Morgan fingerprint density at radius 1 is 1.45 bits per heavy atom. The average molecular weight is 171 g/mol. The third-order valence-corrected chi connectivity index (χ3v) is 3.80. The topological polar surface area (TPSA) is 12.4 Å². The molecule has 0 fully saturated rings. The normalized spacial score (nSPS) is 32.3. The SMILES string of the molecule is CC1=NC(C)(C(C)(C)C)CS1. The molecule has 0 spiro atoms. The number of thioether (sulfide) groups is 1. The van der Waals surface area contributed by atoms with Crippen LogP contribution in [0.4, 0.5) is 0 Å². The van der Waals surface area contributed by atoms with Crippen molar-refractivity contribution >= 4 is 16.8 Å². The quantitative estimate of drug-likeness (QED) is 0.546. The van der Waals surface area contributed by atoms with E-state index in [0.29, 0.717) is 0 Å². The Kier molecular flexibility index (Phi) is 2.08. The van der Waals surface area contributed by atoms with Crippen LogP contribution in [0.1, 0.15) is 34.6 Å². The molecule has 0 aliphatic carbocycles. The van der Waals surface area contributed by atoms with E-state index in [2.05, 4.69) is 39.6 Å². The summed E-state index contributed by atoms with van der Waals surface area (Å²) in [4.78, 5) is 4.67. The van der Waals surface area contributed by atoms with Gasteiger partial charge in [-0.15, -0.1) is 11.8 Å². The molecular formula is C9H17NS. The predicted molar refractivity (Wildman–Crippen MR) is 53.4 cm³/mol. The Labute approximate surface area is 73.7 Å². The van der Waals surface area contributed by atoms with Gasteiger partial charge in [0.25, 0.3) is 0 Å². The van der Waals surface area contributed by atoms with E-state index in [1.54, 1.807) is 0 Å². The van der Waals surface area contributed by atoms with Gasteiger partial charge in [-0.25, -0.2) is 0 Å². The highest BCUT2D eigenvalue weighted by Gasteiger charge is 2.40. The van der Waals surface area contributed by atoms with Crippen LogP contribution in [0, 0.1) is 5.41 Å². The van der Waals surface area contributed by atoms with E-state index >= 15 is 0 Å². The average Bonchev–Trinajstić information content (AvgIpc) is 2.10. The summed E-state index contributed by atoms with van der Waals surface area (Å²) in [6, 6.07) is 0.